The number of amides is 1. The van der Waals surface area contributed by atoms with Crippen molar-refractivity contribution < 1.29 is 4.79 Å². The first-order valence-electron chi connectivity index (χ1n) is 9.03. The van der Waals surface area contributed by atoms with Crippen molar-refractivity contribution in [2.24, 2.45) is 0 Å². The molecule has 0 aliphatic heterocycles. The van der Waals surface area contributed by atoms with Gasteiger partial charge in [0.25, 0.3) is 5.91 Å². The molecule has 0 atom stereocenters. The zero-order valence-corrected chi connectivity index (χ0v) is 15.8. The molecule has 0 saturated heterocycles. The smallest absolute Gasteiger partial charge is 0.252 e. The van der Waals surface area contributed by atoms with Gasteiger partial charge in [0, 0.05) is 42.8 Å². The lowest BCUT2D eigenvalue weighted by Gasteiger charge is -2.09. The first-order chi connectivity index (χ1) is 13.6. The van der Waals surface area contributed by atoms with Gasteiger partial charge in [-0.3, -0.25) is 9.36 Å². The van der Waals surface area contributed by atoms with Crippen molar-refractivity contribution in [1.29, 1.82) is 0 Å². The van der Waals surface area contributed by atoms with Crippen LogP contribution in [0.3, 0.4) is 0 Å². The quantitative estimate of drug-likeness (QED) is 0.505. The first kappa shape index (κ1) is 17.7. The molecule has 4 aromatic heterocycles. The molecular formula is C20H21N7O. The van der Waals surface area contributed by atoms with Crippen molar-refractivity contribution in [1.82, 2.24) is 29.2 Å². The maximum absolute atomic E-state index is 12.3. The standard InChI is InChI=1S/C20H21N7O/c1-14-15(2)27(13-25-14)19-10-18(23-12-24-19)21-6-7-22-20(28)16-9-17-5-3-4-8-26(17)11-16/h3-5,8-13H,6-7H2,1-2H3,(H,22,28)(H,21,23,24). The average molecular weight is 375 g/mol. The molecule has 0 fully saturated rings. The van der Waals surface area contributed by atoms with Crippen LogP contribution in [0.2, 0.25) is 0 Å². The number of nitrogens with one attached hydrogen (secondary N) is 2. The molecule has 8 heteroatoms. The first-order valence-corrected chi connectivity index (χ1v) is 9.03. The summed E-state index contributed by atoms with van der Waals surface area (Å²) in [5.41, 5.74) is 3.64. The molecule has 0 spiro atoms. The Hall–Kier alpha value is -3.68. The number of aryl methyl sites for hydroxylation is 1. The summed E-state index contributed by atoms with van der Waals surface area (Å²) < 4.78 is 3.84. The van der Waals surface area contributed by atoms with Gasteiger partial charge in [-0.05, 0) is 32.0 Å². The Morgan fingerprint density at radius 3 is 2.79 bits per heavy atom. The summed E-state index contributed by atoms with van der Waals surface area (Å²) in [4.78, 5) is 25.1. The third kappa shape index (κ3) is 3.57. The van der Waals surface area contributed by atoms with Gasteiger partial charge in [-0.1, -0.05) is 6.07 Å². The van der Waals surface area contributed by atoms with Crippen LogP contribution < -0.4 is 10.6 Å². The number of fused-ring (bicyclic) bond motifs is 1. The Morgan fingerprint density at radius 1 is 1.11 bits per heavy atom. The van der Waals surface area contributed by atoms with Crippen LogP contribution in [0.5, 0.6) is 0 Å². The SMILES string of the molecule is Cc1ncn(-c2cc(NCCNC(=O)c3cc4ccccn4c3)ncn2)c1C. The van der Waals surface area contributed by atoms with E-state index in [2.05, 4.69) is 25.6 Å². The Kier molecular flexibility index (Phi) is 4.76. The van der Waals surface area contributed by atoms with E-state index in [-0.39, 0.29) is 5.91 Å². The summed E-state index contributed by atoms with van der Waals surface area (Å²) in [5.74, 6) is 1.35. The average Bonchev–Trinajstić information content (AvgIpc) is 3.29. The number of hydrogen-bond donors (Lipinski definition) is 2. The van der Waals surface area contributed by atoms with Gasteiger partial charge in [-0.2, -0.15) is 0 Å². The molecule has 142 valence electrons. The van der Waals surface area contributed by atoms with Gasteiger partial charge >= 0.3 is 0 Å². The lowest BCUT2D eigenvalue weighted by Crippen LogP contribution is -2.28. The number of carbonyl (C=O) groups excluding carboxylic acids is 1. The summed E-state index contributed by atoms with van der Waals surface area (Å²) in [5, 5.41) is 6.13. The van der Waals surface area contributed by atoms with E-state index in [9.17, 15) is 4.79 Å². The minimum atomic E-state index is -0.0987. The molecule has 0 aromatic carbocycles. The van der Waals surface area contributed by atoms with Crippen molar-refractivity contribution in [3.63, 3.8) is 0 Å². The molecule has 0 aliphatic carbocycles. The van der Waals surface area contributed by atoms with Gasteiger partial charge in [-0.25, -0.2) is 15.0 Å². The lowest BCUT2D eigenvalue weighted by molar-refractivity contribution is 0.0955. The fourth-order valence-corrected chi connectivity index (χ4v) is 2.95. The van der Waals surface area contributed by atoms with Crippen LogP contribution in [0.25, 0.3) is 11.3 Å². The van der Waals surface area contributed by atoms with E-state index >= 15 is 0 Å². The maximum Gasteiger partial charge on any atom is 0.252 e. The summed E-state index contributed by atoms with van der Waals surface area (Å²) in [7, 11) is 0. The molecule has 0 bridgehead atoms. The molecule has 0 unspecified atom stereocenters. The molecule has 8 nitrogen and oxygen atoms in total. The van der Waals surface area contributed by atoms with Crippen LogP contribution in [-0.4, -0.2) is 42.9 Å². The van der Waals surface area contributed by atoms with Gasteiger partial charge in [0.05, 0.1) is 11.3 Å². The predicted molar refractivity (Wildman–Crippen MR) is 107 cm³/mol. The molecule has 28 heavy (non-hydrogen) atoms. The molecule has 0 radical (unpaired) electrons. The second kappa shape index (κ2) is 7.51. The van der Waals surface area contributed by atoms with E-state index < -0.39 is 0 Å². The minimum absolute atomic E-state index is 0.0987. The highest BCUT2D eigenvalue weighted by atomic mass is 16.1. The number of nitrogens with zero attached hydrogens (tertiary/aromatic N) is 5. The van der Waals surface area contributed by atoms with Gasteiger partial charge in [0.2, 0.25) is 0 Å². The van der Waals surface area contributed by atoms with Crippen LogP contribution in [0.1, 0.15) is 21.7 Å². The second-order valence-electron chi connectivity index (χ2n) is 6.49. The largest absolute Gasteiger partial charge is 0.368 e. The zero-order chi connectivity index (χ0) is 19.5. The number of rotatable bonds is 6. The molecule has 4 rings (SSSR count). The number of carbonyl (C=O) groups is 1. The highest BCUT2D eigenvalue weighted by Crippen LogP contribution is 2.13. The van der Waals surface area contributed by atoms with Crippen molar-refractivity contribution in [3.8, 4) is 5.82 Å². The fourth-order valence-electron chi connectivity index (χ4n) is 2.95. The maximum atomic E-state index is 12.3. The molecule has 0 saturated carbocycles. The van der Waals surface area contributed by atoms with Crippen molar-refractivity contribution in [3.05, 3.63) is 72.3 Å². The number of pyridine rings is 1. The summed E-state index contributed by atoms with van der Waals surface area (Å²) in [6, 6.07) is 9.57. The molecule has 4 heterocycles. The Labute approximate surface area is 162 Å². The van der Waals surface area contributed by atoms with E-state index in [4.69, 9.17) is 0 Å². The van der Waals surface area contributed by atoms with Gasteiger partial charge in [-0.15, -0.1) is 0 Å². The number of imidazole rings is 1. The summed E-state index contributed by atoms with van der Waals surface area (Å²) in [6.07, 6.45) is 7.00. The second-order valence-corrected chi connectivity index (χ2v) is 6.49. The van der Waals surface area contributed by atoms with Crippen molar-refractivity contribution >= 4 is 17.2 Å². The highest BCUT2D eigenvalue weighted by Gasteiger charge is 2.09. The molecular weight excluding hydrogens is 354 g/mol. The lowest BCUT2D eigenvalue weighted by atomic mass is 10.3. The van der Waals surface area contributed by atoms with Crippen molar-refractivity contribution in [2.75, 3.05) is 18.4 Å². The Balaban J connectivity index is 1.33. The van der Waals surface area contributed by atoms with E-state index in [1.165, 1.54) is 6.33 Å². The van der Waals surface area contributed by atoms with Gasteiger partial charge in [0.1, 0.15) is 24.3 Å². The zero-order valence-electron chi connectivity index (χ0n) is 15.8. The van der Waals surface area contributed by atoms with E-state index in [1.54, 1.807) is 6.33 Å². The fraction of sp³-hybridized carbons (Fsp3) is 0.200. The minimum Gasteiger partial charge on any atom is -0.368 e. The Morgan fingerprint density at radius 2 is 2.00 bits per heavy atom. The summed E-state index contributed by atoms with van der Waals surface area (Å²) >= 11 is 0. The van der Waals surface area contributed by atoms with Crippen LogP contribution in [0.15, 0.2) is 55.4 Å². The Bertz CT molecular complexity index is 1100. The number of hydrogen-bond acceptors (Lipinski definition) is 5. The molecule has 4 aromatic rings. The van der Waals surface area contributed by atoms with E-state index in [0.717, 1.165) is 22.7 Å². The van der Waals surface area contributed by atoms with Crippen molar-refractivity contribution in [2.45, 2.75) is 13.8 Å². The van der Waals surface area contributed by atoms with E-state index in [0.29, 0.717) is 24.5 Å². The highest BCUT2D eigenvalue weighted by molar-refractivity contribution is 5.95. The van der Waals surface area contributed by atoms with Crippen LogP contribution in [-0.2, 0) is 0 Å². The number of anilines is 1. The third-order valence-electron chi connectivity index (χ3n) is 4.63. The third-order valence-corrected chi connectivity index (χ3v) is 4.63. The topological polar surface area (TPSA) is 89.1 Å². The van der Waals surface area contributed by atoms with Gasteiger partial charge < -0.3 is 15.0 Å². The molecule has 1 amide bonds. The van der Waals surface area contributed by atoms with E-state index in [1.807, 2.05) is 65.5 Å². The summed E-state index contributed by atoms with van der Waals surface area (Å²) in [6.45, 7) is 4.99. The van der Waals surface area contributed by atoms with Crippen LogP contribution in [0.4, 0.5) is 5.82 Å². The number of aromatic nitrogens is 5. The van der Waals surface area contributed by atoms with Crippen LogP contribution >= 0.6 is 0 Å². The monoisotopic (exact) mass is 375 g/mol. The van der Waals surface area contributed by atoms with Crippen LogP contribution in [0, 0.1) is 13.8 Å². The molecule has 0 aliphatic rings. The van der Waals surface area contributed by atoms with Gasteiger partial charge in [0.15, 0.2) is 0 Å². The molecule has 2 N–H and O–H groups in total. The predicted octanol–water partition coefficient (Wildman–Crippen LogP) is 2.37. The normalized spacial score (nSPS) is 10.9.